The number of anilines is 1. The number of fused-ring (bicyclic) bond motifs is 1. The van der Waals surface area contributed by atoms with Crippen LogP contribution in [0.4, 0.5) is 5.69 Å². The molecule has 0 aliphatic carbocycles. The molecule has 1 aliphatic heterocycles. The van der Waals surface area contributed by atoms with Gasteiger partial charge in [-0.3, -0.25) is 0 Å². The van der Waals surface area contributed by atoms with Crippen LogP contribution >= 0.6 is 0 Å². The van der Waals surface area contributed by atoms with Gasteiger partial charge in [0.15, 0.2) is 0 Å². The normalized spacial score (nSPS) is 23.2. The van der Waals surface area contributed by atoms with Crippen molar-refractivity contribution in [2.75, 3.05) is 5.32 Å². The molecule has 0 spiro atoms. The third-order valence-electron chi connectivity index (χ3n) is 3.99. The minimum Gasteiger partial charge on any atom is -0.379 e. The van der Waals surface area contributed by atoms with Crippen molar-refractivity contribution < 1.29 is 0 Å². The number of rotatable bonds is 4. The fourth-order valence-electron chi connectivity index (χ4n) is 2.73. The average Bonchev–Trinajstić information content (AvgIpc) is 2.66. The van der Waals surface area contributed by atoms with Gasteiger partial charge in [0, 0.05) is 11.2 Å². The van der Waals surface area contributed by atoms with Crippen molar-refractivity contribution in [1.82, 2.24) is 0 Å². The van der Waals surface area contributed by atoms with E-state index >= 15 is 0 Å². The van der Waals surface area contributed by atoms with Gasteiger partial charge in [-0.05, 0) is 30.4 Å². The lowest BCUT2D eigenvalue weighted by Gasteiger charge is -2.34. The zero-order chi connectivity index (χ0) is 11.6. The summed E-state index contributed by atoms with van der Waals surface area (Å²) in [4.78, 5) is 0. The highest BCUT2D eigenvalue weighted by atomic mass is 15.0. The highest BCUT2D eigenvalue weighted by Gasteiger charge is 2.38. The summed E-state index contributed by atoms with van der Waals surface area (Å²) in [6.45, 7) is 6.96. The number of hydrogen-bond acceptors (Lipinski definition) is 1. The van der Waals surface area contributed by atoms with Crippen molar-refractivity contribution in [2.45, 2.75) is 52.0 Å². The van der Waals surface area contributed by atoms with E-state index in [0.717, 1.165) is 0 Å². The highest BCUT2D eigenvalue weighted by molar-refractivity contribution is 5.59. The predicted octanol–water partition coefficient (Wildman–Crippen LogP) is 4.24. The summed E-state index contributed by atoms with van der Waals surface area (Å²) in [5.41, 5.74) is 3.15. The molecule has 16 heavy (non-hydrogen) atoms. The van der Waals surface area contributed by atoms with E-state index in [1.54, 1.807) is 0 Å². The number of benzene rings is 1. The lowest BCUT2D eigenvalue weighted by molar-refractivity contribution is 0.320. The van der Waals surface area contributed by atoms with Gasteiger partial charge in [0.25, 0.3) is 0 Å². The van der Waals surface area contributed by atoms with Gasteiger partial charge in [-0.25, -0.2) is 0 Å². The molecule has 1 heteroatoms. The summed E-state index contributed by atoms with van der Waals surface area (Å²) in [6, 6.07) is 8.75. The molecule has 0 saturated carbocycles. The zero-order valence-corrected chi connectivity index (χ0v) is 10.7. The fraction of sp³-hybridized carbons (Fsp3) is 0.600. The maximum absolute atomic E-state index is 3.78. The van der Waals surface area contributed by atoms with E-state index in [1.165, 1.54) is 36.9 Å². The topological polar surface area (TPSA) is 12.0 Å². The SMILES string of the molecule is CCCCC1(C(C)C)Cc2ccccc2N1. The van der Waals surface area contributed by atoms with E-state index in [2.05, 4.69) is 50.4 Å². The smallest absolute Gasteiger partial charge is 0.0437 e. The molecule has 88 valence electrons. The van der Waals surface area contributed by atoms with E-state index in [4.69, 9.17) is 0 Å². The maximum Gasteiger partial charge on any atom is 0.0437 e. The summed E-state index contributed by atoms with van der Waals surface area (Å²) in [5, 5.41) is 3.78. The Hall–Kier alpha value is -0.980. The van der Waals surface area contributed by atoms with Crippen molar-refractivity contribution in [3.8, 4) is 0 Å². The molecule has 0 bridgehead atoms. The van der Waals surface area contributed by atoms with Crippen molar-refractivity contribution in [2.24, 2.45) is 5.92 Å². The first kappa shape index (κ1) is 11.5. The van der Waals surface area contributed by atoms with Crippen LogP contribution in [0.15, 0.2) is 24.3 Å². The highest BCUT2D eigenvalue weighted by Crippen LogP contribution is 2.39. The molecule has 0 amide bonds. The summed E-state index contributed by atoms with van der Waals surface area (Å²) < 4.78 is 0. The molecular formula is C15H23N. The largest absolute Gasteiger partial charge is 0.379 e. The lowest BCUT2D eigenvalue weighted by Crippen LogP contribution is -2.41. The molecule has 1 aliphatic rings. The zero-order valence-electron chi connectivity index (χ0n) is 10.7. The predicted molar refractivity (Wildman–Crippen MR) is 70.9 cm³/mol. The summed E-state index contributed by atoms with van der Waals surface area (Å²) in [6.07, 6.45) is 5.09. The molecular weight excluding hydrogens is 194 g/mol. The van der Waals surface area contributed by atoms with Gasteiger partial charge in [0.1, 0.15) is 0 Å². The molecule has 1 atom stereocenters. The van der Waals surface area contributed by atoms with E-state index < -0.39 is 0 Å². The van der Waals surface area contributed by atoms with E-state index in [-0.39, 0.29) is 0 Å². The molecule has 0 fully saturated rings. The van der Waals surface area contributed by atoms with Crippen LogP contribution in [0.1, 0.15) is 45.6 Å². The van der Waals surface area contributed by atoms with E-state index in [1.807, 2.05) is 0 Å². The number of unbranched alkanes of at least 4 members (excludes halogenated alkanes) is 1. The molecule has 1 aromatic carbocycles. The Kier molecular flexibility index (Phi) is 3.22. The fourth-order valence-corrected chi connectivity index (χ4v) is 2.73. The lowest BCUT2D eigenvalue weighted by atomic mass is 9.80. The first-order valence-electron chi connectivity index (χ1n) is 6.54. The Morgan fingerprint density at radius 1 is 1.31 bits per heavy atom. The van der Waals surface area contributed by atoms with Crippen LogP contribution in [0, 0.1) is 5.92 Å². The van der Waals surface area contributed by atoms with Crippen LogP contribution in [-0.4, -0.2) is 5.54 Å². The van der Waals surface area contributed by atoms with Crippen LogP contribution in [0.3, 0.4) is 0 Å². The van der Waals surface area contributed by atoms with Gasteiger partial charge >= 0.3 is 0 Å². The molecule has 0 aromatic heterocycles. The van der Waals surface area contributed by atoms with Crippen LogP contribution in [-0.2, 0) is 6.42 Å². The first-order valence-corrected chi connectivity index (χ1v) is 6.54. The minimum atomic E-state index is 0.305. The van der Waals surface area contributed by atoms with Crippen LogP contribution in [0.25, 0.3) is 0 Å². The Bertz CT molecular complexity index is 329. The molecule has 0 saturated heterocycles. The minimum absolute atomic E-state index is 0.305. The van der Waals surface area contributed by atoms with Gasteiger partial charge in [-0.15, -0.1) is 0 Å². The van der Waals surface area contributed by atoms with E-state index in [0.29, 0.717) is 11.5 Å². The second-order valence-corrected chi connectivity index (χ2v) is 5.37. The Morgan fingerprint density at radius 2 is 2.06 bits per heavy atom. The van der Waals surface area contributed by atoms with Gasteiger partial charge in [-0.1, -0.05) is 51.8 Å². The van der Waals surface area contributed by atoms with Crippen molar-refractivity contribution in [1.29, 1.82) is 0 Å². The van der Waals surface area contributed by atoms with Gasteiger partial charge in [0.05, 0.1) is 0 Å². The monoisotopic (exact) mass is 217 g/mol. The second-order valence-electron chi connectivity index (χ2n) is 5.37. The second kappa shape index (κ2) is 4.48. The van der Waals surface area contributed by atoms with E-state index in [9.17, 15) is 0 Å². The standard InChI is InChI=1S/C15H23N/c1-4-5-10-15(12(2)3)11-13-8-6-7-9-14(13)16-15/h6-9,12,16H,4-5,10-11H2,1-3H3. The number of hydrogen-bond donors (Lipinski definition) is 1. The Morgan fingerprint density at radius 3 is 2.69 bits per heavy atom. The Balaban J connectivity index is 2.20. The summed E-state index contributed by atoms with van der Waals surface area (Å²) >= 11 is 0. The van der Waals surface area contributed by atoms with Crippen molar-refractivity contribution >= 4 is 5.69 Å². The molecule has 1 aromatic rings. The van der Waals surface area contributed by atoms with Crippen LogP contribution in [0.5, 0.6) is 0 Å². The summed E-state index contributed by atoms with van der Waals surface area (Å²) in [5.74, 6) is 0.687. The van der Waals surface area contributed by atoms with Crippen molar-refractivity contribution in [3.63, 3.8) is 0 Å². The maximum atomic E-state index is 3.78. The third-order valence-corrected chi connectivity index (χ3v) is 3.99. The molecule has 1 heterocycles. The summed E-state index contributed by atoms with van der Waals surface area (Å²) in [7, 11) is 0. The first-order chi connectivity index (χ1) is 7.68. The van der Waals surface area contributed by atoms with Crippen LogP contribution in [0.2, 0.25) is 0 Å². The average molecular weight is 217 g/mol. The van der Waals surface area contributed by atoms with Gasteiger partial charge in [-0.2, -0.15) is 0 Å². The van der Waals surface area contributed by atoms with Gasteiger partial charge < -0.3 is 5.32 Å². The van der Waals surface area contributed by atoms with Crippen LogP contribution < -0.4 is 5.32 Å². The molecule has 1 unspecified atom stereocenters. The Labute approximate surface area is 99.3 Å². The van der Waals surface area contributed by atoms with Gasteiger partial charge in [0.2, 0.25) is 0 Å². The molecule has 1 N–H and O–H groups in total. The number of para-hydroxylation sites is 1. The quantitative estimate of drug-likeness (QED) is 0.795. The van der Waals surface area contributed by atoms with Crippen molar-refractivity contribution in [3.05, 3.63) is 29.8 Å². The third kappa shape index (κ3) is 1.95. The molecule has 0 radical (unpaired) electrons. The molecule has 1 nitrogen and oxygen atoms in total. The molecule has 2 rings (SSSR count). The number of nitrogens with one attached hydrogen (secondary N) is 1.